The summed E-state index contributed by atoms with van der Waals surface area (Å²) in [6.45, 7) is 0. The minimum atomic E-state index is -1.01. The number of nitrogens with zero attached hydrogens (tertiary/aromatic N) is 2. The Morgan fingerprint density at radius 3 is 1.25 bits per heavy atom. The van der Waals surface area contributed by atoms with Crippen molar-refractivity contribution in [1.29, 1.82) is 0 Å². The van der Waals surface area contributed by atoms with Crippen LogP contribution in [0.25, 0.3) is 0 Å². The Bertz CT molecular complexity index is 772. The van der Waals surface area contributed by atoms with Gasteiger partial charge in [-0.15, -0.1) is 10.1 Å². The zero-order valence-corrected chi connectivity index (χ0v) is 14.7. The summed E-state index contributed by atoms with van der Waals surface area (Å²) in [7, 11) is 0. The summed E-state index contributed by atoms with van der Waals surface area (Å²) in [5, 5.41) is 1.21. The van der Waals surface area contributed by atoms with E-state index in [0.717, 1.165) is 0 Å². The molecule has 10 heteroatoms. The van der Waals surface area contributed by atoms with E-state index in [1.807, 2.05) is 0 Å². The van der Waals surface area contributed by atoms with Crippen molar-refractivity contribution >= 4 is 35.4 Å². The van der Waals surface area contributed by atoms with Crippen LogP contribution >= 0.6 is 0 Å². The first-order chi connectivity index (χ1) is 13.4. The average molecular weight is 386 g/mol. The molecule has 0 bridgehead atoms. The zero-order valence-electron chi connectivity index (χ0n) is 14.7. The summed E-state index contributed by atoms with van der Waals surface area (Å²) in [6.07, 6.45) is -0.840. The third-order valence-electron chi connectivity index (χ3n) is 3.30. The van der Waals surface area contributed by atoms with Crippen LogP contribution in [0.3, 0.4) is 0 Å². The predicted octanol–water partition coefficient (Wildman–Crippen LogP) is 1.85. The Labute approximate surface area is 160 Å². The van der Waals surface area contributed by atoms with Gasteiger partial charge >= 0.3 is 24.0 Å². The van der Waals surface area contributed by atoms with Gasteiger partial charge in [-0.2, -0.15) is 0 Å². The fourth-order valence-electron chi connectivity index (χ4n) is 2.08. The fourth-order valence-corrected chi connectivity index (χ4v) is 2.08. The molecule has 2 rings (SSSR count). The molecule has 10 nitrogen and oxygen atoms in total. The lowest BCUT2D eigenvalue weighted by molar-refractivity contribution is -0.150. The van der Waals surface area contributed by atoms with Crippen LogP contribution in [0.1, 0.15) is 12.8 Å². The van der Waals surface area contributed by atoms with Crippen LogP contribution in [0, 0.1) is 0 Å². The molecule has 0 fully saturated rings. The summed E-state index contributed by atoms with van der Waals surface area (Å²) in [6, 6.07) is 13.9. The van der Waals surface area contributed by atoms with Crippen molar-refractivity contribution in [3.05, 3.63) is 60.7 Å². The highest BCUT2D eigenvalue weighted by atomic mass is 16.7. The second kappa shape index (κ2) is 9.57. The highest BCUT2D eigenvalue weighted by Crippen LogP contribution is 2.16. The lowest BCUT2D eigenvalue weighted by Crippen LogP contribution is -2.39. The van der Waals surface area contributed by atoms with Gasteiger partial charge in [-0.3, -0.25) is 0 Å². The molecular formula is C18H18N4O6. The number of para-hydroxylation sites is 2. The number of benzene rings is 2. The van der Waals surface area contributed by atoms with Crippen LogP contribution < -0.4 is 21.6 Å². The van der Waals surface area contributed by atoms with Gasteiger partial charge < -0.3 is 21.1 Å². The minimum Gasteiger partial charge on any atom is -0.349 e. The van der Waals surface area contributed by atoms with E-state index in [2.05, 4.69) is 0 Å². The maximum atomic E-state index is 11.9. The number of rotatable bonds is 5. The van der Waals surface area contributed by atoms with E-state index in [1.165, 1.54) is 24.3 Å². The first-order valence-corrected chi connectivity index (χ1v) is 8.09. The van der Waals surface area contributed by atoms with Gasteiger partial charge in [-0.25, -0.2) is 19.2 Å². The van der Waals surface area contributed by atoms with E-state index in [9.17, 15) is 19.2 Å². The number of hydrogen-bond donors (Lipinski definition) is 2. The number of carbonyl (C=O) groups excluding carboxylic acids is 4. The molecule has 0 aromatic heterocycles. The van der Waals surface area contributed by atoms with Crippen LogP contribution in [0.4, 0.5) is 21.0 Å². The second-order valence-electron chi connectivity index (χ2n) is 5.36. The molecule has 28 heavy (non-hydrogen) atoms. The van der Waals surface area contributed by atoms with Gasteiger partial charge in [0.05, 0.1) is 24.2 Å². The van der Waals surface area contributed by atoms with Crippen LogP contribution in [0.5, 0.6) is 0 Å². The van der Waals surface area contributed by atoms with E-state index in [0.29, 0.717) is 10.1 Å². The molecule has 0 radical (unpaired) electrons. The van der Waals surface area contributed by atoms with Gasteiger partial charge in [0.2, 0.25) is 0 Å². The van der Waals surface area contributed by atoms with Gasteiger partial charge in [0.25, 0.3) is 0 Å². The van der Waals surface area contributed by atoms with E-state index in [-0.39, 0.29) is 11.4 Å². The van der Waals surface area contributed by atoms with E-state index < -0.39 is 36.8 Å². The highest BCUT2D eigenvalue weighted by molar-refractivity contribution is 5.92. The monoisotopic (exact) mass is 386 g/mol. The summed E-state index contributed by atoms with van der Waals surface area (Å²) in [4.78, 5) is 56.6. The van der Waals surface area contributed by atoms with Crippen molar-refractivity contribution in [2.45, 2.75) is 12.8 Å². The van der Waals surface area contributed by atoms with Crippen molar-refractivity contribution in [3.8, 4) is 0 Å². The topological polar surface area (TPSA) is 145 Å². The smallest absolute Gasteiger partial charge is 0.349 e. The number of hydrogen-bond acceptors (Lipinski definition) is 6. The molecular weight excluding hydrogens is 368 g/mol. The zero-order chi connectivity index (χ0) is 20.5. The molecule has 0 aliphatic heterocycles. The Morgan fingerprint density at radius 2 is 0.964 bits per heavy atom. The first-order valence-electron chi connectivity index (χ1n) is 8.09. The van der Waals surface area contributed by atoms with E-state index >= 15 is 0 Å². The number of hydroxylamine groups is 2. The van der Waals surface area contributed by atoms with Crippen LogP contribution in [-0.4, -0.2) is 24.0 Å². The maximum Gasteiger partial charge on any atom is 0.352 e. The first kappa shape index (κ1) is 20.2. The van der Waals surface area contributed by atoms with Crippen molar-refractivity contribution < 1.29 is 28.9 Å². The molecule has 0 heterocycles. The summed E-state index contributed by atoms with van der Waals surface area (Å²) >= 11 is 0. The van der Waals surface area contributed by atoms with Gasteiger partial charge in [0, 0.05) is 0 Å². The Balaban J connectivity index is 1.91. The third-order valence-corrected chi connectivity index (χ3v) is 3.30. The SMILES string of the molecule is NC(=O)N(OC(=O)CCC(=O)ON(C(N)=O)c1ccccc1)c1ccccc1. The maximum absolute atomic E-state index is 11.9. The molecule has 4 amide bonds. The minimum absolute atomic E-state index is 0.245. The van der Waals surface area contributed by atoms with Crippen LogP contribution in [-0.2, 0) is 19.3 Å². The second-order valence-corrected chi connectivity index (χ2v) is 5.36. The van der Waals surface area contributed by atoms with Crippen molar-refractivity contribution in [2.24, 2.45) is 11.5 Å². The number of urea groups is 2. The largest absolute Gasteiger partial charge is 0.352 e. The van der Waals surface area contributed by atoms with Gasteiger partial charge in [0.15, 0.2) is 0 Å². The number of amides is 4. The molecule has 0 atom stereocenters. The normalized spacial score (nSPS) is 9.86. The third kappa shape index (κ3) is 5.73. The van der Waals surface area contributed by atoms with Crippen molar-refractivity contribution in [3.63, 3.8) is 0 Å². The molecule has 0 unspecified atom stereocenters. The summed E-state index contributed by atoms with van der Waals surface area (Å²) < 4.78 is 0. The molecule has 2 aromatic rings. The molecule has 146 valence electrons. The Kier molecular flexibility index (Phi) is 6.92. The predicted molar refractivity (Wildman–Crippen MR) is 98.4 cm³/mol. The van der Waals surface area contributed by atoms with E-state index in [4.69, 9.17) is 21.1 Å². The van der Waals surface area contributed by atoms with Crippen molar-refractivity contribution in [1.82, 2.24) is 0 Å². The van der Waals surface area contributed by atoms with E-state index in [1.54, 1.807) is 36.4 Å². The molecule has 0 saturated carbocycles. The van der Waals surface area contributed by atoms with Crippen LogP contribution in [0.15, 0.2) is 60.7 Å². The standard InChI is InChI=1S/C18H18N4O6/c19-17(25)21(13-7-3-1-4-8-13)27-15(23)11-12-16(24)28-22(18(20)26)14-9-5-2-6-10-14/h1-10H,11-12H2,(H2,19,25)(H2,20,26). The average Bonchev–Trinajstić information content (AvgIpc) is 2.69. The lowest BCUT2D eigenvalue weighted by atomic mass is 10.3. The lowest BCUT2D eigenvalue weighted by Gasteiger charge is -2.20. The highest BCUT2D eigenvalue weighted by Gasteiger charge is 2.22. The molecule has 0 aliphatic carbocycles. The Morgan fingerprint density at radius 1 is 0.643 bits per heavy atom. The summed E-state index contributed by atoms with van der Waals surface area (Å²) in [5.74, 6) is -1.80. The number of carbonyl (C=O) groups is 4. The molecule has 0 saturated heterocycles. The summed E-state index contributed by atoms with van der Waals surface area (Å²) in [5.41, 5.74) is 10.9. The quantitative estimate of drug-likeness (QED) is 0.750. The Hall–Kier alpha value is -4.08. The number of nitrogens with two attached hydrogens (primary N) is 2. The van der Waals surface area contributed by atoms with Gasteiger partial charge in [0.1, 0.15) is 0 Å². The molecule has 4 N–H and O–H groups in total. The van der Waals surface area contributed by atoms with Gasteiger partial charge in [-0.05, 0) is 24.3 Å². The number of anilines is 2. The van der Waals surface area contributed by atoms with Gasteiger partial charge in [-0.1, -0.05) is 36.4 Å². The molecule has 0 spiro atoms. The fraction of sp³-hybridized carbons (Fsp3) is 0.111. The van der Waals surface area contributed by atoms with Crippen LogP contribution in [0.2, 0.25) is 0 Å². The molecule has 2 aromatic carbocycles. The molecule has 0 aliphatic rings. The number of primary amides is 2. The van der Waals surface area contributed by atoms with Crippen molar-refractivity contribution in [2.75, 3.05) is 10.1 Å².